The summed E-state index contributed by atoms with van der Waals surface area (Å²) >= 11 is 0. The number of carbonyl (C=O) groups excluding carboxylic acids is 1. The van der Waals surface area contributed by atoms with Gasteiger partial charge >= 0.3 is 5.97 Å². The van der Waals surface area contributed by atoms with Crippen LogP contribution in [-0.2, 0) is 13.0 Å². The fourth-order valence-electron chi connectivity index (χ4n) is 6.52. The average Bonchev–Trinajstić information content (AvgIpc) is 3.81. The van der Waals surface area contributed by atoms with Crippen molar-refractivity contribution in [2.24, 2.45) is 0 Å². The second kappa shape index (κ2) is 11.7. The fraction of sp³-hybridized carbons (Fsp3) is 0.441. The number of amides is 1. The first-order valence-electron chi connectivity index (χ1n) is 15.2. The molecule has 1 amide bonds. The number of carboxylic acid groups (broad SMARTS) is 1. The van der Waals surface area contributed by atoms with E-state index < -0.39 is 11.8 Å². The van der Waals surface area contributed by atoms with Crippen LogP contribution in [0.5, 0.6) is 5.75 Å². The predicted octanol–water partition coefficient (Wildman–Crippen LogP) is 6.36. The van der Waals surface area contributed by atoms with E-state index in [2.05, 4.69) is 16.0 Å². The van der Waals surface area contributed by atoms with E-state index in [0.717, 1.165) is 49.9 Å². The van der Waals surface area contributed by atoms with Crippen LogP contribution in [-0.4, -0.2) is 63.5 Å². The van der Waals surface area contributed by atoms with Crippen LogP contribution in [0.15, 0.2) is 36.4 Å². The second-order valence-corrected chi connectivity index (χ2v) is 12.3. The fourth-order valence-corrected chi connectivity index (χ4v) is 6.52. The van der Waals surface area contributed by atoms with E-state index >= 15 is 4.39 Å². The summed E-state index contributed by atoms with van der Waals surface area (Å²) in [5, 5.41) is 9.52. The molecule has 1 saturated heterocycles. The van der Waals surface area contributed by atoms with Crippen molar-refractivity contribution in [2.75, 3.05) is 19.6 Å². The van der Waals surface area contributed by atoms with E-state index in [1.54, 1.807) is 19.1 Å². The number of carboxylic acids is 1. The minimum absolute atomic E-state index is 0.0393. The number of fused-ring (bicyclic) bond motifs is 1. The van der Waals surface area contributed by atoms with Gasteiger partial charge in [-0.1, -0.05) is 12.1 Å². The molecule has 1 N–H and O–H groups in total. The molecule has 2 aliphatic heterocycles. The highest BCUT2D eigenvalue weighted by atomic mass is 19.1. The molecule has 3 heterocycles. The standard InChI is InChI=1S/C34H37F2N3O4/c1-19(2)43-32-23(16-27(21-4-5-21)30(31(32)36)22-6-8-24(35)9-7-22)18-38-13-10-25(11-14-38)39-15-12-29-28(33(39)40)17-26(34(41)42)20(3)37-29/h6-9,16-17,19,21,25H,4-5,10-15,18H2,1-3H3,(H,41,42). The summed E-state index contributed by atoms with van der Waals surface area (Å²) in [6.07, 6.45) is 3.90. The smallest absolute Gasteiger partial charge is 0.337 e. The molecule has 2 aromatic carbocycles. The molecule has 43 heavy (non-hydrogen) atoms. The molecule has 0 spiro atoms. The highest BCUT2D eigenvalue weighted by molar-refractivity contribution is 5.99. The Balaban J connectivity index is 1.21. The van der Waals surface area contributed by atoms with Crippen molar-refractivity contribution in [3.8, 4) is 16.9 Å². The third kappa shape index (κ3) is 5.87. The molecule has 3 aromatic rings. The van der Waals surface area contributed by atoms with Gasteiger partial charge in [-0.25, -0.2) is 13.6 Å². The van der Waals surface area contributed by atoms with Crippen LogP contribution >= 0.6 is 0 Å². The first kappa shape index (κ1) is 29.2. The summed E-state index contributed by atoms with van der Waals surface area (Å²) in [7, 11) is 0. The molecule has 7 nitrogen and oxygen atoms in total. The van der Waals surface area contributed by atoms with E-state index in [-0.39, 0.29) is 41.1 Å². The van der Waals surface area contributed by atoms with Gasteiger partial charge in [-0.15, -0.1) is 0 Å². The van der Waals surface area contributed by atoms with Gasteiger partial charge < -0.3 is 14.7 Å². The van der Waals surface area contributed by atoms with Gasteiger partial charge in [0.15, 0.2) is 11.6 Å². The van der Waals surface area contributed by atoms with Crippen molar-refractivity contribution >= 4 is 11.9 Å². The number of nitrogens with zero attached hydrogens (tertiary/aromatic N) is 3. The lowest BCUT2D eigenvalue weighted by molar-refractivity contribution is 0.0542. The number of piperidine rings is 1. The Hall–Kier alpha value is -3.85. The maximum atomic E-state index is 16.3. The van der Waals surface area contributed by atoms with Gasteiger partial charge in [-0.2, -0.15) is 0 Å². The normalized spacial score (nSPS) is 17.8. The number of halogens is 2. The Bertz CT molecular complexity index is 1560. The Morgan fingerprint density at radius 1 is 1.07 bits per heavy atom. The number of aromatic carboxylic acids is 1. The summed E-state index contributed by atoms with van der Waals surface area (Å²) in [4.78, 5) is 33.6. The largest absolute Gasteiger partial charge is 0.488 e. The summed E-state index contributed by atoms with van der Waals surface area (Å²) in [6.45, 7) is 7.96. The first-order chi connectivity index (χ1) is 20.6. The van der Waals surface area contributed by atoms with Gasteiger partial charge in [-0.3, -0.25) is 14.7 Å². The van der Waals surface area contributed by atoms with Gasteiger partial charge in [0.2, 0.25) is 0 Å². The number of rotatable bonds is 8. The monoisotopic (exact) mass is 589 g/mol. The molecule has 0 radical (unpaired) electrons. The van der Waals surface area contributed by atoms with E-state index in [1.807, 2.05) is 18.7 Å². The molecule has 226 valence electrons. The molecule has 3 aliphatic rings. The number of aryl methyl sites for hydroxylation is 1. The molecule has 1 saturated carbocycles. The van der Waals surface area contributed by atoms with Crippen molar-refractivity contribution < 1.29 is 28.2 Å². The molecule has 0 atom stereocenters. The maximum absolute atomic E-state index is 16.3. The van der Waals surface area contributed by atoms with Gasteiger partial charge in [0.25, 0.3) is 5.91 Å². The number of aromatic nitrogens is 1. The zero-order valence-electron chi connectivity index (χ0n) is 24.8. The number of carbonyl (C=O) groups is 2. The van der Waals surface area contributed by atoms with E-state index in [4.69, 9.17) is 4.74 Å². The Morgan fingerprint density at radius 3 is 2.40 bits per heavy atom. The lowest BCUT2D eigenvalue weighted by Crippen LogP contribution is -2.50. The summed E-state index contributed by atoms with van der Waals surface area (Å²) in [6, 6.07) is 9.58. The van der Waals surface area contributed by atoms with Crippen LogP contribution < -0.4 is 4.74 Å². The first-order valence-corrected chi connectivity index (χ1v) is 15.2. The molecule has 2 fully saturated rings. The third-order valence-corrected chi connectivity index (χ3v) is 8.83. The lowest BCUT2D eigenvalue weighted by atomic mass is 9.92. The van der Waals surface area contributed by atoms with Crippen LogP contribution in [0.4, 0.5) is 8.78 Å². The molecular weight excluding hydrogens is 552 g/mol. The number of benzene rings is 2. The zero-order valence-corrected chi connectivity index (χ0v) is 24.8. The van der Waals surface area contributed by atoms with Gasteiger partial charge in [0.1, 0.15) is 5.82 Å². The molecule has 0 bridgehead atoms. The van der Waals surface area contributed by atoms with E-state index in [0.29, 0.717) is 47.6 Å². The Kier molecular flexibility index (Phi) is 7.94. The number of ether oxygens (including phenoxy) is 1. The van der Waals surface area contributed by atoms with Crippen molar-refractivity contribution in [2.45, 2.75) is 77.5 Å². The third-order valence-electron chi connectivity index (χ3n) is 8.83. The van der Waals surface area contributed by atoms with Crippen molar-refractivity contribution in [3.63, 3.8) is 0 Å². The Labute approximate surface area is 250 Å². The SMILES string of the molecule is Cc1nc2c(cc1C(=O)O)C(=O)N(C1CCN(Cc3cc(C4CC4)c(-c4ccc(F)cc4)c(F)c3OC(C)C)CC1)CC2. The van der Waals surface area contributed by atoms with Crippen molar-refractivity contribution in [1.29, 1.82) is 0 Å². The van der Waals surface area contributed by atoms with Crippen LogP contribution in [0, 0.1) is 18.6 Å². The van der Waals surface area contributed by atoms with Crippen LogP contribution in [0.2, 0.25) is 0 Å². The zero-order chi connectivity index (χ0) is 30.4. The van der Waals surface area contributed by atoms with E-state index in [1.165, 1.54) is 18.2 Å². The average molecular weight is 590 g/mol. The van der Waals surface area contributed by atoms with E-state index in [9.17, 15) is 19.1 Å². The summed E-state index contributed by atoms with van der Waals surface area (Å²) in [5.41, 5.74) is 4.44. The van der Waals surface area contributed by atoms with Gasteiger partial charge in [0, 0.05) is 49.8 Å². The van der Waals surface area contributed by atoms with Gasteiger partial charge in [0.05, 0.1) is 28.6 Å². The minimum Gasteiger partial charge on any atom is -0.488 e. The summed E-state index contributed by atoms with van der Waals surface area (Å²) < 4.78 is 36.1. The topological polar surface area (TPSA) is 83.0 Å². The number of likely N-dealkylation sites (tertiary alicyclic amines) is 1. The predicted molar refractivity (Wildman–Crippen MR) is 159 cm³/mol. The molecule has 1 aliphatic carbocycles. The minimum atomic E-state index is -1.08. The molecule has 1 aromatic heterocycles. The molecule has 0 unspecified atom stereocenters. The van der Waals surface area contributed by atoms with Crippen molar-refractivity contribution in [3.05, 3.63) is 81.7 Å². The molecular formula is C34H37F2N3O4. The molecule has 9 heteroatoms. The second-order valence-electron chi connectivity index (χ2n) is 12.3. The quantitative estimate of drug-likeness (QED) is 0.329. The van der Waals surface area contributed by atoms with Crippen LogP contribution in [0.1, 0.15) is 88.7 Å². The highest BCUT2D eigenvalue weighted by Gasteiger charge is 2.35. The van der Waals surface area contributed by atoms with Gasteiger partial charge in [-0.05, 0) is 87.8 Å². The van der Waals surface area contributed by atoms with Crippen LogP contribution in [0.3, 0.4) is 0 Å². The van der Waals surface area contributed by atoms with Crippen LogP contribution in [0.25, 0.3) is 11.1 Å². The number of hydrogen-bond acceptors (Lipinski definition) is 5. The lowest BCUT2D eigenvalue weighted by Gasteiger charge is -2.40. The number of pyridine rings is 1. The highest BCUT2D eigenvalue weighted by Crippen LogP contribution is 2.48. The molecule has 6 rings (SSSR count). The van der Waals surface area contributed by atoms with Crippen molar-refractivity contribution in [1.82, 2.24) is 14.8 Å². The number of hydrogen-bond donors (Lipinski definition) is 1. The summed E-state index contributed by atoms with van der Waals surface area (Å²) in [5.74, 6) is -1.46. The Morgan fingerprint density at radius 2 is 1.77 bits per heavy atom. The maximum Gasteiger partial charge on any atom is 0.337 e.